The summed E-state index contributed by atoms with van der Waals surface area (Å²) in [7, 11) is 0. The molecule has 27 heavy (non-hydrogen) atoms. The van der Waals surface area contributed by atoms with Gasteiger partial charge in [0.25, 0.3) is 0 Å². The molecule has 1 heterocycles. The zero-order chi connectivity index (χ0) is 19.9. The van der Waals surface area contributed by atoms with Crippen LogP contribution in [0.25, 0.3) is 0 Å². The van der Waals surface area contributed by atoms with Gasteiger partial charge in [0.15, 0.2) is 6.10 Å². The Kier molecular flexibility index (Phi) is 13.3. The van der Waals surface area contributed by atoms with Gasteiger partial charge >= 0.3 is 11.9 Å². The second-order valence-electron chi connectivity index (χ2n) is 8.21. The Morgan fingerprint density at radius 1 is 0.852 bits per heavy atom. The first-order valence-electron chi connectivity index (χ1n) is 11.4. The summed E-state index contributed by atoms with van der Waals surface area (Å²) in [5.41, 5.74) is 0. The Hall–Kier alpha value is -1.06. The lowest BCUT2D eigenvalue weighted by Crippen LogP contribution is -2.30. The fourth-order valence-electron chi connectivity index (χ4n) is 4.01. The minimum Gasteiger partial charge on any atom is -0.458 e. The van der Waals surface area contributed by atoms with Crippen molar-refractivity contribution in [3.05, 3.63) is 0 Å². The highest BCUT2D eigenvalue weighted by Crippen LogP contribution is 2.29. The van der Waals surface area contributed by atoms with E-state index in [9.17, 15) is 9.59 Å². The third-order valence-corrected chi connectivity index (χ3v) is 5.63. The number of hydrogen-bond acceptors (Lipinski definition) is 4. The van der Waals surface area contributed by atoms with Crippen molar-refractivity contribution in [3.63, 3.8) is 0 Å². The Morgan fingerprint density at radius 3 is 1.74 bits per heavy atom. The van der Waals surface area contributed by atoms with E-state index in [4.69, 9.17) is 9.47 Å². The van der Waals surface area contributed by atoms with Gasteiger partial charge in [0.2, 0.25) is 0 Å². The zero-order valence-electron chi connectivity index (χ0n) is 18.0. The molecule has 0 aromatic carbocycles. The molecule has 0 aromatic heterocycles. The molecule has 4 nitrogen and oxygen atoms in total. The van der Waals surface area contributed by atoms with E-state index in [0.29, 0.717) is 0 Å². The van der Waals surface area contributed by atoms with Gasteiger partial charge in [-0.05, 0) is 13.3 Å². The van der Waals surface area contributed by atoms with Crippen molar-refractivity contribution in [1.82, 2.24) is 0 Å². The van der Waals surface area contributed by atoms with Gasteiger partial charge < -0.3 is 9.47 Å². The minimum atomic E-state index is -0.406. The molecule has 0 saturated carbocycles. The van der Waals surface area contributed by atoms with Crippen LogP contribution in [0.3, 0.4) is 0 Å². The minimum absolute atomic E-state index is 0.205. The van der Waals surface area contributed by atoms with Crippen LogP contribution in [0.5, 0.6) is 0 Å². The largest absolute Gasteiger partial charge is 0.458 e. The molecule has 1 aliphatic heterocycles. The monoisotopic (exact) mass is 382 g/mol. The average molecular weight is 383 g/mol. The molecule has 0 amide bonds. The van der Waals surface area contributed by atoms with Gasteiger partial charge in [0.05, 0.1) is 5.92 Å². The van der Waals surface area contributed by atoms with E-state index in [2.05, 4.69) is 6.92 Å². The molecule has 1 rings (SSSR count). The molecule has 0 unspecified atom stereocenters. The molecule has 0 bridgehead atoms. The quantitative estimate of drug-likeness (QED) is 0.230. The van der Waals surface area contributed by atoms with Gasteiger partial charge in [0, 0.05) is 6.92 Å². The lowest BCUT2D eigenvalue weighted by molar-refractivity contribution is -0.150. The molecule has 1 saturated heterocycles. The van der Waals surface area contributed by atoms with E-state index in [-0.39, 0.29) is 24.0 Å². The highest BCUT2D eigenvalue weighted by Gasteiger charge is 2.44. The number of esters is 2. The normalized spacial score (nSPS) is 22.0. The molecule has 0 spiro atoms. The summed E-state index contributed by atoms with van der Waals surface area (Å²) in [6.07, 6.45) is 18.5. The lowest BCUT2D eigenvalue weighted by atomic mass is 9.94. The Labute approximate surface area is 166 Å². The number of hydrogen-bond donors (Lipinski definition) is 0. The van der Waals surface area contributed by atoms with Crippen LogP contribution in [0.2, 0.25) is 0 Å². The maximum absolute atomic E-state index is 11.9. The highest BCUT2D eigenvalue weighted by atomic mass is 16.6. The summed E-state index contributed by atoms with van der Waals surface area (Å²) in [6.45, 7) is 5.46. The number of carbonyl (C=O) groups is 2. The SMILES string of the molecule is CCCCCCCCCCCCCCCC[C@H]1C(=O)O[C@H](C)[C@H]1OC(C)=O. The van der Waals surface area contributed by atoms with Gasteiger partial charge in [-0.25, -0.2) is 0 Å². The van der Waals surface area contributed by atoms with Crippen molar-refractivity contribution >= 4 is 11.9 Å². The van der Waals surface area contributed by atoms with E-state index < -0.39 is 6.10 Å². The van der Waals surface area contributed by atoms with Crippen LogP contribution in [-0.4, -0.2) is 24.1 Å². The number of unbranched alkanes of at least 4 members (excludes halogenated alkanes) is 13. The van der Waals surface area contributed by atoms with Crippen LogP contribution in [0.4, 0.5) is 0 Å². The van der Waals surface area contributed by atoms with Gasteiger partial charge in [0.1, 0.15) is 6.10 Å². The summed E-state index contributed by atoms with van der Waals surface area (Å²) < 4.78 is 10.5. The zero-order valence-corrected chi connectivity index (χ0v) is 18.0. The van der Waals surface area contributed by atoms with Crippen LogP contribution < -0.4 is 0 Å². The van der Waals surface area contributed by atoms with Crippen LogP contribution in [0, 0.1) is 5.92 Å². The molecule has 0 aliphatic carbocycles. The van der Waals surface area contributed by atoms with Crippen molar-refractivity contribution in [1.29, 1.82) is 0 Å². The summed E-state index contributed by atoms with van der Waals surface area (Å²) >= 11 is 0. The maximum atomic E-state index is 11.9. The van der Waals surface area contributed by atoms with Crippen molar-refractivity contribution in [3.8, 4) is 0 Å². The van der Waals surface area contributed by atoms with Gasteiger partial charge in [-0.2, -0.15) is 0 Å². The molecule has 158 valence electrons. The highest BCUT2D eigenvalue weighted by molar-refractivity contribution is 5.76. The summed E-state index contributed by atoms with van der Waals surface area (Å²) in [6, 6.07) is 0. The molecule has 0 radical (unpaired) electrons. The number of carbonyl (C=O) groups excluding carboxylic acids is 2. The maximum Gasteiger partial charge on any atom is 0.313 e. The van der Waals surface area contributed by atoms with Gasteiger partial charge in [-0.3, -0.25) is 9.59 Å². The topological polar surface area (TPSA) is 52.6 Å². The predicted molar refractivity (Wildman–Crippen MR) is 110 cm³/mol. The van der Waals surface area contributed by atoms with Crippen LogP contribution >= 0.6 is 0 Å². The average Bonchev–Trinajstić information content (AvgIpc) is 2.88. The summed E-state index contributed by atoms with van der Waals surface area (Å²) in [5.74, 6) is -0.819. The van der Waals surface area contributed by atoms with Crippen LogP contribution in [0.15, 0.2) is 0 Å². The van der Waals surface area contributed by atoms with Crippen molar-refractivity contribution in [2.24, 2.45) is 5.92 Å². The van der Waals surface area contributed by atoms with E-state index in [1.165, 1.54) is 84.0 Å². The van der Waals surface area contributed by atoms with E-state index in [1.807, 2.05) is 0 Å². The molecule has 0 aromatic rings. The van der Waals surface area contributed by atoms with Crippen molar-refractivity contribution < 1.29 is 19.1 Å². The van der Waals surface area contributed by atoms with Gasteiger partial charge in [-0.1, -0.05) is 96.8 Å². The number of cyclic esters (lactones) is 1. The third-order valence-electron chi connectivity index (χ3n) is 5.63. The van der Waals surface area contributed by atoms with Crippen LogP contribution in [0.1, 0.15) is 117 Å². The first-order valence-corrected chi connectivity index (χ1v) is 11.4. The molecule has 4 heteroatoms. The molecule has 3 atom stereocenters. The first kappa shape index (κ1) is 24.0. The van der Waals surface area contributed by atoms with E-state index in [1.54, 1.807) is 6.92 Å². The Bertz CT molecular complexity index is 407. The van der Waals surface area contributed by atoms with Crippen LogP contribution in [-0.2, 0) is 19.1 Å². The molecular formula is C23H42O4. The summed E-state index contributed by atoms with van der Waals surface area (Å²) in [4.78, 5) is 23.1. The van der Waals surface area contributed by atoms with E-state index >= 15 is 0 Å². The molecule has 0 N–H and O–H groups in total. The van der Waals surface area contributed by atoms with Crippen molar-refractivity contribution in [2.45, 2.75) is 129 Å². The standard InChI is InChI=1S/C23H42O4/c1-4-5-6-7-8-9-10-11-12-13-14-15-16-17-18-21-22(27-20(3)24)19(2)26-23(21)25/h19,21-22H,4-18H2,1-3H3/t19-,21-,22-/m1/s1. The molecule has 1 aliphatic rings. The summed E-state index contributed by atoms with van der Waals surface area (Å²) in [5, 5.41) is 0. The first-order chi connectivity index (χ1) is 13.1. The third kappa shape index (κ3) is 10.8. The smallest absolute Gasteiger partial charge is 0.313 e. The van der Waals surface area contributed by atoms with Gasteiger partial charge in [-0.15, -0.1) is 0 Å². The predicted octanol–water partition coefficient (Wildman–Crippen LogP) is 6.35. The second kappa shape index (κ2) is 14.9. The Morgan fingerprint density at radius 2 is 1.30 bits per heavy atom. The fourth-order valence-corrected chi connectivity index (χ4v) is 4.01. The van der Waals surface area contributed by atoms with E-state index in [0.717, 1.165) is 19.3 Å². The molecular weight excluding hydrogens is 340 g/mol. The molecule has 1 fully saturated rings. The fraction of sp³-hybridized carbons (Fsp3) is 0.913. The number of rotatable bonds is 16. The van der Waals surface area contributed by atoms with Crippen molar-refractivity contribution in [2.75, 3.05) is 0 Å². The Balaban J connectivity index is 1.95. The number of ether oxygens (including phenoxy) is 2. The lowest BCUT2D eigenvalue weighted by Gasteiger charge is -2.18. The second-order valence-corrected chi connectivity index (χ2v) is 8.21.